The minimum absolute atomic E-state index is 0.161. The summed E-state index contributed by atoms with van der Waals surface area (Å²) in [5.41, 5.74) is -0.134. The molecule has 0 unspecified atom stereocenters. The highest BCUT2D eigenvalue weighted by Gasteiger charge is 2.51. The second-order valence-electron chi connectivity index (χ2n) is 7.36. The lowest BCUT2D eigenvalue weighted by molar-refractivity contribution is -0.153. The van der Waals surface area contributed by atoms with Crippen molar-refractivity contribution in [1.82, 2.24) is 0 Å². The first kappa shape index (κ1) is 23.3. The molecular weight excluding hydrogens is 406 g/mol. The van der Waals surface area contributed by atoms with Crippen molar-refractivity contribution < 1.29 is 23.7 Å². The third-order valence-corrected chi connectivity index (χ3v) is 5.59. The summed E-state index contributed by atoms with van der Waals surface area (Å²) in [7, 11) is 4.42. The topological polar surface area (TPSA) is 77.8 Å². The Labute approximate surface area is 188 Å². The maximum Gasteiger partial charge on any atom is 0.329 e. The molecule has 0 saturated carbocycles. The number of rotatable bonds is 10. The van der Waals surface area contributed by atoms with Crippen LogP contribution in [0.2, 0.25) is 0 Å². The Morgan fingerprint density at radius 1 is 0.938 bits per heavy atom. The number of esters is 1. The van der Waals surface area contributed by atoms with Crippen molar-refractivity contribution in [2.24, 2.45) is 5.41 Å². The van der Waals surface area contributed by atoms with Gasteiger partial charge in [0.2, 0.25) is 0 Å². The number of nitriles is 1. The summed E-state index contributed by atoms with van der Waals surface area (Å²) < 4.78 is 21.6. The van der Waals surface area contributed by atoms with Gasteiger partial charge in [-0.1, -0.05) is 60.7 Å². The molecule has 0 radical (unpaired) electrons. The minimum atomic E-state index is -1.65. The zero-order valence-electron chi connectivity index (χ0n) is 18.5. The second-order valence-corrected chi connectivity index (χ2v) is 7.36. The number of carbonyl (C=O) groups excluding carboxylic acids is 1. The molecule has 0 aromatic heterocycles. The van der Waals surface area contributed by atoms with Crippen LogP contribution in [0.4, 0.5) is 0 Å². The molecule has 0 bridgehead atoms. The third-order valence-electron chi connectivity index (χ3n) is 5.59. The van der Waals surface area contributed by atoms with Crippen LogP contribution in [0.15, 0.2) is 66.7 Å². The van der Waals surface area contributed by atoms with Crippen molar-refractivity contribution in [1.29, 1.82) is 5.26 Å². The van der Waals surface area contributed by atoms with Crippen LogP contribution >= 0.6 is 0 Å². The van der Waals surface area contributed by atoms with E-state index in [0.29, 0.717) is 17.9 Å². The SMILES string of the molecule is COCCOC[C@](C#N)(C(=O)OC)[C@H](c1ccccc1OC)c1cccc2ccccc12. The highest BCUT2D eigenvalue weighted by atomic mass is 16.5. The monoisotopic (exact) mass is 433 g/mol. The maximum atomic E-state index is 13.3. The molecule has 166 valence electrons. The predicted octanol–water partition coefficient (Wildman–Crippen LogP) is 4.33. The fourth-order valence-corrected chi connectivity index (χ4v) is 4.07. The van der Waals surface area contributed by atoms with E-state index in [9.17, 15) is 10.1 Å². The number of fused-ring (bicyclic) bond motifs is 1. The van der Waals surface area contributed by atoms with Crippen LogP contribution in [0, 0.1) is 16.7 Å². The molecule has 0 aliphatic rings. The van der Waals surface area contributed by atoms with Gasteiger partial charge in [0.05, 0.1) is 40.1 Å². The number of hydrogen-bond donors (Lipinski definition) is 0. The van der Waals surface area contributed by atoms with Crippen molar-refractivity contribution in [3.05, 3.63) is 77.9 Å². The number of nitrogens with zero attached hydrogens (tertiary/aromatic N) is 1. The molecule has 2 atom stereocenters. The van der Waals surface area contributed by atoms with Gasteiger partial charge in [-0.15, -0.1) is 0 Å². The Morgan fingerprint density at radius 3 is 2.34 bits per heavy atom. The molecule has 0 spiro atoms. The number of carbonyl (C=O) groups is 1. The summed E-state index contributed by atoms with van der Waals surface area (Å²) in [4.78, 5) is 13.3. The van der Waals surface area contributed by atoms with Gasteiger partial charge in [0.15, 0.2) is 5.41 Å². The number of hydrogen-bond acceptors (Lipinski definition) is 6. The molecule has 3 rings (SSSR count). The van der Waals surface area contributed by atoms with Gasteiger partial charge in [-0.3, -0.25) is 4.79 Å². The molecule has 3 aromatic rings. The molecule has 0 aliphatic heterocycles. The van der Waals surface area contributed by atoms with Crippen molar-refractivity contribution in [3.8, 4) is 11.8 Å². The smallest absolute Gasteiger partial charge is 0.329 e. The maximum absolute atomic E-state index is 13.3. The van der Waals surface area contributed by atoms with Crippen molar-refractivity contribution in [3.63, 3.8) is 0 Å². The first-order chi connectivity index (χ1) is 15.6. The van der Waals surface area contributed by atoms with Gasteiger partial charge >= 0.3 is 5.97 Å². The summed E-state index contributed by atoms with van der Waals surface area (Å²) in [5.74, 6) is -0.795. The third kappa shape index (κ3) is 4.45. The second kappa shape index (κ2) is 10.8. The summed E-state index contributed by atoms with van der Waals surface area (Å²) in [5, 5.41) is 12.4. The van der Waals surface area contributed by atoms with Crippen LogP contribution < -0.4 is 4.74 Å². The summed E-state index contributed by atoms with van der Waals surface area (Å²) >= 11 is 0. The van der Waals surface area contributed by atoms with E-state index in [1.165, 1.54) is 7.11 Å². The molecule has 6 nitrogen and oxygen atoms in total. The Balaban J connectivity index is 2.31. The fourth-order valence-electron chi connectivity index (χ4n) is 4.07. The van der Waals surface area contributed by atoms with E-state index in [1.54, 1.807) is 14.2 Å². The highest BCUT2D eigenvalue weighted by Crippen LogP contribution is 2.47. The normalized spacial score (nSPS) is 13.7. The van der Waals surface area contributed by atoms with Gasteiger partial charge in [0.1, 0.15) is 5.75 Å². The summed E-state index contributed by atoms with van der Waals surface area (Å²) in [6.45, 7) is 0.423. The van der Waals surface area contributed by atoms with Crippen LogP contribution in [0.5, 0.6) is 5.75 Å². The highest BCUT2D eigenvalue weighted by molar-refractivity contribution is 5.90. The van der Waals surface area contributed by atoms with Gasteiger partial charge in [-0.25, -0.2) is 0 Å². The Hall–Kier alpha value is -3.40. The lowest BCUT2D eigenvalue weighted by Crippen LogP contribution is -2.42. The molecule has 0 heterocycles. The Kier molecular flexibility index (Phi) is 7.82. The molecular formula is C26H27NO5. The van der Waals surface area contributed by atoms with E-state index >= 15 is 0 Å². The van der Waals surface area contributed by atoms with Crippen molar-refractivity contribution >= 4 is 16.7 Å². The van der Waals surface area contributed by atoms with Crippen molar-refractivity contribution in [2.75, 3.05) is 41.2 Å². The molecule has 6 heteroatoms. The molecule has 0 amide bonds. The van der Waals surface area contributed by atoms with E-state index in [2.05, 4.69) is 6.07 Å². The molecule has 0 fully saturated rings. The van der Waals surface area contributed by atoms with E-state index in [4.69, 9.17) is 18.9 Å². The lowest BCUT2D eigenvalue weighted by Gasteiger charge is -2.34. The van der Waals surface area contributed by atoms with Gasteiger partial charge in [0.25, 0.3) is 0 Å². The van der Waals surface area contributed by atoms with Gasteiger partial charge in [-0.05, 0) is 22.4 Å². The Morgan fingerprint density at radius 2 is 1.62 bits per heavy atom. The first-order valence-electron chi connectivity index (χ1n) is 10.3. The first-order valence-corrected chi connectivity index (χ1v) is 10.3. The Bertz CT molecular complexity index is 1100. The predicted molar refractivity (Wildman–Crippen MR) is 122 cm³/mol. The summed E-state index contributed by atoms with van der Waals surface area (Å²) in [6, 6.07) is 23.4. The number of ether oxygens (including phenoxy) is 4. The molecule has 3 aromatic carbocycles. The van der Waals surface area contributed by atoms with E-state index in [-0.39, 0.29) is 13.2 Å². The van der Waals surface area contributed by atoms with Gasteiger partial charge < -0.3 is 18.9 Å². The van der Waals surface area contributed by atoms with E-state index in [0.717, 1.165) is 16.3 Å². The van der Waals surface area contributed by atoms with Crippen LogP contribution in [0.1, 0.15) is 17.0 Å². The van der Waals surface area contributed by atoms with E-state index < -0.39 is 17.3 Å². The standard InChI is InChI=1S/C26H27NO5/c1-29-15-16-32-18-26(17-27,25(28)31-3)24(22-12-6-7-14-23(22)30-2)21-13-8-10-19-9-4-5-11-20(19)21/h4-14,24H,15-16,18H2,1-3H3/t24-,26-/m0/s1. The van der Waals surface area contributed by atoms with Crippen molar-refractivity contribution in [2.45, 2.75) is 5.92 Å². The lowest BCUT2D eigenvalue weighted by atomic mass is 9.68. The minimum Gasteiger partial charge on any atom is -0.496 e. The average Bonchev–Trinajstić information content (AvgIpc) is 2.85. The zero-order valence-corrected chi connectivity index (χ0v) is 18.5. The van der Waals surface area contributed by atoms with Crippen LogP contribution in [-0.4, -0.2) is 47.1 Å². The van der Waals surface area contributed by atoms with Crippen LogP contribution in [-0.2, 0) is 19.0 Å². The number of benzene rings is 3. The summed E-state index contributed by atoms with van der Waals surface area (Å²) in [6.07, 6.45) is 0. The van der Waals surface area contributed by atoms with Crippen LogP contribution in [0.3, 0.4) is 0 Å². The molecule has 32 heavy (non-hydrogen) atoms. The largest absolute Gasteiger partial charge is 0.496 e. The number of para-hydroxylation sites is 1. The van der Waals surface area contributed by atoms with E-state index in [1.807, 2.05) is 66.7 Å². The quantitative estimate of drug-likeness (QED) is 0.350. The molecule has 0 N–H and O–H groups in total. The average molecular weight is 434 g/mol. The fraction of sp³-hybridized carbons (Fsp3) is 0.308. The van der Waals surface area contributed by atoms with Gasteiger partial charge in [0, 0.05) is 18.6 Å². The number of methoxy groups -OCH3 is 3. The van der Waals surface area contributed by atoms with Gasteiger partial charge in [-0.2, -0.15) is 5.26 Å². The zero-order chi connectivity index (χ0) is 23.0. The molecule has 0 saturated heterocycles. The van der Waals surface area contributed by atoms with Crippen LogP contribution in [0.25, 0.3) is 10.8 Å². The molecule has 0 aliphatic carbocycles.